The molecule has 0 saturated heterocycles. The van der Waals surface area contributed by atoms with Crippen molar-refractivity contribution in [2.24, 2.45) is 0 Å². The first-order chi connectivity index (χ1) is 6.52. The van der Waals surface area contributed by atoms with E-state index < -0.39 is 5.97 Å². The first-order valence-electron chi connectivity index (χ1n) is 4.08. The summed E-state index contributed by atoms with van der Waals surface area (Å²) in [7, 11) is 0. The number of carboxylic acid groups (broad SMARTS) is 1. The highest BCUT2D eigenvalue weighted by molar-refractivity contribution is 6.08. The standard InChI is InChI=1S/C10H10O4/c1-6-8(11)4-2-7(10(6)14)3-5-9(12)13/h2,4,14H,1,3,5H2,(H,12,13). The van der Waals surface area contributed by atoms with Gasteiger partial charge in [0.1, 0.15) is 5.76 Å². The van der Waals surface area contributed by atoms with E-state index in [1.54, 1.807) is 0 Å². The normalized spacial score (nSPS) is 16.3. The van der Waals surface area contributed by atoms with Crippen molar-refractivity contribution in [1.82, 2.24) is 0 Å². The Hall–Kier alpha value is -1.84. The second kappa shape index (κ2) is 3.91. The van der Waals surface area contributed by atoms with Gasteiger partial charge in [-0.3, -0.25) is 9.59 Å². The van der Waals surface area contributed by atoms with Crippen LogP contribution in [0.5, 0.6) is 0 Å². The van der Waals surface area contributed by atoms with Gasteiger partial charge in [0.2, 0.25) is 0 Å². The molecule has 0 bridgehead atoms. The minimum Gasteiger partial charge on any atom is -0.507 e. The van der Waals surface area contributed by atoms with Crippen LogP contribution in [0.15, 0.2) is 35.6 Å². The lowest BCUT2D eigenvalue weighted by atomic mass is 9.97. The average molecular weight is 194 g/mol. The zero-order valence-corrected chi connectivity index (χ0v) is 7.49. The maximum Gasteiger partial charge on any atom is 0.303 e. The maximum atomic E-state index is 11.0. The van der Waals surface area contributed by atoms with Crippen LogP contribution in [0.25, 0.3) is 0 Å². The zero-order valence-electron chi connectivity index (χ0n) is 7.49. The molecule has 14 heavy (non-hydrogen) atoms. The predicted octanol–water partition coefficient (Wildman–Crippen LogP) is 1.36. The van der Waals surface area contributed by atoms with E-state index in [4.69, 9.17) is 5.11 Å². The third kappa shape index (κ3) is 2.10. The highest BCUT2D eigenvalue weighted by Gasteiger charge is 2.17. The summed E-state index contributed by atoms with van der Waals surface area (Å²) >= 11 is 0. The molecule has 1 rings (SSSR count). The van der Waals surface area contributed by atoms with Crippen molar-refractivity contribution >= 4 is 11.8 Å². The van der Waals surface area contributed by atoms with E-state index in [0.29, 0.717) is 5.57 Å². The zero-order chi connectivity index (χ0) is 10.7. The fourth-order valence-electron chi connectivity index (χ4n) is 1.11. The van der Waals surface area contributed by atoms with Crippen molar-refractivity contribution in [3.63, 3.8) is 0 Å². The minimum atomic E-state index is -0.943. The fraction of sp³-hybridized carbons (Fsp3) is 0.200. The Bertz CT molecular complexity index is 360. The number of rotatable bonds is 3. The monoisotopic (exact) mass is 194 g/mol. The average Bonchev–Trinajstić information content (AvgIpc) is 2.13. The van der Waals surface area contributed by atoms with Gasteiger partial charge in [0.05, 0.1) is 5.57 Å². The van der Waals surface area contributed by atoms with Gasteiger partial charge < -0.3 is 10.2 Å². The molecule has 2 N–H and O–H groups in total. The number of allylic oxidation sites excluding steroid dienone is 4. The van der Waals surface area contributed by atoms with Gasteiger partial charge in [-0.05, 0) is 18.1 Å². The smallest absolute Gasteiger partial charge is 0.303 e. The van der Waals surface area contributed by atoms with E-state index in [0.717, 1.165) is 0 Å². The van der Waals surface area contributed by atoms with Gasteiger partial charge in [-0.25, -0.2) is 0 Å². The number of aliphatic hydroxyl groups excluding tert-OH is 1. The molecule has 0 aromatic rings. The molecule has 0 atom stereocenters. The van der Waals surface area contributed by atoms with Crippen molar-refractivity contribution in [3.05, 3.63) is 35.6 Å². The van der Waals surface area contributed by atoms with E-state index in [1.807, 2.05) is 0 Å². The first-order valence-corrected chi connectivity index (χ1v) is 4.08. The second-order valence-electron chi connectivity index (χ2n) is 2.94. The van der Waals surface area contributed by atoms with E-state index in [1.165, 1.54) is 12.2 Å². The number of hydrogen-bond donors (Lipinski definition) is 2. The van der Waals surface area contributed by atoms with Crippen LogP contribution in [0.4, 0.5) is 0 Å². The highest BCUT2D eigenvalue weighted by Crippen LogP contribution is 2.21. The van der Waals surface area contributed by atoms with Crippen LogP contribution in [-0.2, 0) is 9.59 Å². The summed E-state index contributed by atoms with van der Waals surface area (Å²) in [6.07, 6.45) is 2.82. The lowest BCUT2D eigenvalue weighted by Gasteiger charge is -2.11. The highest BCUT2D eigenvalue weighted by atomic mass is 16.4. The van der Waals surface area contributed by atoms with Crippen LogP contribution in [0.3, 0.4) is 0 Å². The van der Waals surface area contributed by atoms with Crippen LogP contribution in [0, 0.1) is 0 Å². The molecule has 0 saturated carbocycles. The molecular formula is C10H10O4. The van der Waals surface area contributed by atoms with Crippen LogP contribution < -0.4 is 0 Å². The van der Waals surface area contributed by atoms with Crippen molar-refractivity contribution in [2.45, 2.75) is 12.8 Å². The van der Waals surface area contributed by atoms with Crippen molar-refractivity contribution in [1.29, 1.82) is 0 Å². The molecule has 0 unspecified atom stereocenters. The van der Waals surface area contributed by atoms with Gasteiger partial charge in [-0.2, -0.15) is 0 Å². The lowest BCUT2D eigenvalue weighted by Crippen LogP contribution is -2.08. The van der Waals surface area contributed by atoms with Gasteiger partial charge >= 0.3 is 5.97 Å². The van der Waals surface area contributed by atoms with Gasteiger partial charge in [-0.15, -0.1) is 0 Å². The fourth-order valence-corrected chi connectivity index (χ4v) is 1.11. The third-order valence-electron chi connectivity index (χ3n) is 1.93. The van der Waals surface area contributed by atoms with Crippen LogP contribution in [0.2, 0.25) is 0 Å². The molecule has 0 heterocycles. The van der Waals surface area contributed by atoms with Gasteiger partial charge in [0.25, 0.3) is 0 Å². The largest absolute Gasteiger partial charge is 0.507 e. The van der Waals surface area contributed by atoms with Crippen molar-refractivity contribution < 1.29 is 19.8 Å². The summed E-state index contributed by atoms with van der Waals surface area (Å²) in [4.78, 5) is 21.3. The Balaban J connectivity index is 2.79. The molecule has 0 aromatic heterocycles. The first kappa shape index (κ1) is 10.2. The van der Waals surface area contributed by atoms with Gasteiger partial charge in [0, 0.05) is 6.42 Å². The molecule has 0 amide bonds. The maximum absolute atomic E-state index is 11.0. The second-order valence-corrected chi connectivity index (χ2v) is 2.94. The van der Waals surface area contributed by atoms with Crippen molar-refractivity contribution in [2.75, 3.05) is 0 Å². The molecule has 0 radical (unpaired) electrons. The molecule has 1 aliphatic carbocycles. The Morgan fingerprint density at radius 2 is 2.07 bits per heavy atom. The number of carboxylic acids is 1. The Morgan fingerprint density at radius 3 is 2.64 bits per heavy atom. The molecule has 0 spiro atoms. The molecule has 0 fully saturated rings. The minimum absolute atomic E-state index is 0.0212. The number of aliphatic carboxylic acids is 1. The van der Waals surface area contributed by atoms with Crippen LogP contribution in [-0.4, -0.2) is 22.0 Å². The summed E-state index contributed by atoms with van der Waals surface area (Å²) in [5.74, 6) is -1.48. The number of carbonyl (C=O) groups excluding carboxylic acids is 1. The molecule has 0 aromatic carbocycles. The topological polar surface area (TPSA) is 74.6 Å². The van der Waals surface area contributed by atoms with Crippen molar-refractivity contribution in [3.8, 4) is 0 Å². The Kier molecular flexibility index (Phi) is 2.86. The van der Waals surface area contributed by atoms with Gasteiger partial charge in [-0.1, -0.05) is 12.7 Å². The quantitative estimate of drug-likeness (QED) is 0.665. The predicted molar refractivity (Wildman–Crippen MR) is 49.8 cm³/mol. The molecule has 0 aliphatic heterocycles. The number of aliphatic hydroxyl groups is 1. The summed E-state index contributed by atoms with van der Waals surface area (Å²) in [6, 6.07) is 0. The van der Waals surface area contributed by atoms with Crippen LogP contribution >= 0.6 is 0 Å². The van der Waals surface area contributed by atoms with E-state index >= 15 is 0 Å². The number of carbonyl (C=O) groups is 2. The van der Waals surface area contributed by atoms with E-state index in [-0.39, 0.29) is 30.0 Å². The number of ketones is 1. The lowest BCUT2D eigenvalue weighted by molar-refractivity contribution is -0.136. The Morgan fingerprint density at radius 1 is 1.43 bits per heavy atom. The summed E-state index contributed by atoms with van der Waals surface area (Å²) < 4.78 is 0. The summed E-state index contributed by atoms with van der Waals surface area (Å²) in [5.41, 5.74) is 0.463. The summed E-state index contributed by atoms with van der Waals surface area (Å²) in [5, 5.41) is 17.9. The molecular weight excluding hydrogens is 184 g/mol. The molecule has 4 heteroatoms. The SMILES string of the molecule is C=C1C(=O)C=CC(CCC(=O)O)=C1O. The molecule has 1 aliphatic rings. The third-order valence-corrected chi connectivity index (χ3v) is 1.93. The van der Waals surface area contributed by atoms with E-state index in [2.05, 4.69) is 6.58 Å². The van der Waals surface area contributed by atoms with E-state index in [9.17, 15) is 14.7 Å². The molecule has 4 nitrogen and oxygen atoms in total. The Labute approximate surface area is 80.9 Å². The number of hydrogen-bond acceptors (Lipinski definition) is 3. The summed E-state index contributed by atoms with van der Waals surface area (Å²) in [6.45, 7) is 3.40. The van der Waals surface area contributed by atoms with Gasteiger partial charge in [0.15, 0.2) is 5.78 Å². The van der Waals surface area contributed by atoms with Crippen LogP contribution in [0.1, 0.15) is 12.8 Å². The molecule has 74 valence electrons.